The van der Waals surface area contributed by atoms with Crippen LogP contribution >= 0.6 is 27.3 Å². The van der Waals surface area contributed by atoms with Gasteiger partial charge in [0.05, 0.1) is 0 Å². The molecule has 0 spiro atoms. The van der Waals surface area contributed by atoms with Crippen LogP contribution in [0.15, 0.2) is 15.9 Å². The van der Waals surface area contributed by atoms with E-state index in [0.717, 1.165) is 12.6 Å². The van der Waals surface area contributed by atoms with Gasteiger partial charge in [0.25, 0.3) is 0 Å². The Kier molecular flexibility index (Phi) is 3.63. The number of halogens is 1. The minimum absolute atomic E-state index is 0.830. The zero-order chi connectivity index (χ0) is 9.97. The van der Waals surface area contributed by atoms with E-state index in [1.54, 1.807) is 0 Å². The van der Waals surface area contributed by atoms with E-state index < -0.39 is 0 Å². The molecule has 1 saturated heterocycles. The van der Waals surface area contributed by atoms with Crippen LogP contribution in [0.5, 0.6) is 0 Å². The van der Waals surface area contributed by atoms with Gasteiger partial charge in [-0.3, -0.25) is 4.90 Å². The monoisotopic (exact) mass is 273 g/mol. The Labute approximate surface area is 98.2 Å². The molecular weight excluding hydrogens is 258 g/mol. The summed E-state index contributed by atoms with van der Waals surface area (Å²) in [5.41, 5.74) is 0. The molecule has 1 unspecified atom stereocenters. The highest BCUT2D eigenvalue weighted by Gasteiger charge is 2.22. The molecule has 1 aliphatic rings. The lowest BCUT2D eigenvalue weighted by molar-refractivity contribution is 0.242. The first kappa shape index (κ1) is 10.7. The van der Waals surface area contributed by atoms with Crippen LogP contribution in [0.2, 0.25) is 0 Å². The Morgan fingerprint density at radius 3 is 3.14 bits per heavy atom. The summed E-state index contributed by atoms with van der Waals surface area (Å²) in [6.45, 7) is 4.73. The average Bonchev–Trinajstić information content (AvgIpc) is 2.76. The molecule has 0 N–H and O–H groups in total. The van der Waals surface area contributed by atoms with Crippen molar-refractivity contribution in [3.8, 4) is 0 Å². The summed E-state index contributed by atoms with van der Waals surface area (Å²) < 4.78 is 1.23. The van der Waals surface area contributed by atoms with Crippen molar-refractivity contribution in [2.45, 2.75) is 38.8 Å². The van der Waals surface area contributed by atoms with Crippen LogP contribution in [-0.2, 0) is 6.54 Å². The van der Waals surface area contributed by atoms with Crippen molar-refractivity contribution in [1.29, 1.82) is 0 Å². The molecule has 0 aromatic carbocycles. The van der Waals surface area contributed by atoms with E-state index in [1.807, 2.05) is 11.3 Å². The standard InChI is InChI=1S/C11H16BrNS/c1-2-10-4-3-5-13(10)7-11-6-9(12)8-14-11/h6,8,10H,2-5,7H2,1H3. The topological polar surface area (TPSA) is 3.24 Å². The molecule has 1 aliphatic heterocycles. The van der Waals surface area contributed by atoms with E-state index in [0.29, 0.717) is 0 Å². The Bertz CT molecular complexity index is 297. The van der Waals surface area contributed by atoms with Crippen LogP contribution < -0.4 is 0 Å². The van der Waals surface area contributed by atoms with E-state index in [-0.39, 0.29) is 0 Å². The van der Waals surface area contributed by atoms with Gasteiger partial charge in [-0.1, -0.05) is 6.92 Å². The zero-order valence-electron chi connectivity index (χ0n) is 8.50. The lowest BCUT2D eigenvalue weighted by Crippen LogP contribution is -2.27. The van der Waals surface area contributed by atoms with Gasteiger partial charge in [-0.15, -0.1) is 11.3 Å². The van der Waals surface area contributed by atoms with Crippen molar-refractivity contribution in [3.63, 3.8) is 0 Å². The third-order valence-corrected chi connectivity index (χ3v) is 4.63. The molecule has 0 bridgehead atoms. The van der Waals surface area contributed by atoms with Gasteiger partial charge in [0.1, 0.15) is 0 Å². The van der Waals surface area contributed by atoms with Crippen LogP contribution in [0.4, 0.5) is 0 Å². The van der Waals surface area contributed by atoms with Crippen LogP contribution in [0, 0.1) is 0 Å². The quantitative estimate of drug-likeness (QED) is 0.808. The third-order valence-electron chi connectivity index (χ3n) is 2.95. The number of nitrogens with zero attached hydrogens (tertiary/aromatic N) is 1. The van der Waals surface area contributed by atoms with Crippen molar-refractivity contribution < 1.29 is 0 Å². The summed E-state index contributed by atoms with van der Waals surface area (Å²) in [5.74, 6) is 0. The van der Waals surface area contributed by atoms with Crippen LogP contribution in [0.1, 0.15) is 31.1 Å². The summed E-state index contributed by atoms with van der Waals surface area (Å²) in [4.78, 5) is 4.11. The molecule has 1 fully saturated rings. The predicted molar refractivity (Wildman–Crippen MR) is 65.7 cm³/mol. The van der Waals surface area contributed by atoms with Crippen LogP contribution in [-0.4, -0.2) is 17.5 Å². The highest BCUT2D eigenvalue weighted by atomic mass is 79.9. The minimum Gasteiger partial charge on any atom is -0.295 e. The molecule has 0 radical (unpaired) electrons. The SMILES string of the molecule is CCC1CCCN1Cc1cc(Br)cs1. The number of thiophene rings is 1. The van der Waals surface area contributed by atoms with E-state index in [2.05, 4.69) is 39.2 Å². The van der Waals surface area contributed by atoms with Crippen molar-refractivity contribution in [2.75, 3.05) is 6.54 Å². The molecule has 0 amide bonds. The number of hydrogen-bond donors (Lipinski definition) is 0. The maximum absolute atomic E-state index is 3.51. The van der Waals surface area contributed by atoms with Crippen LogP contribution in [0.25, 0.3) is 0 Å². The van der Waals surface area contributed by atoms with Gasteiger partial charge in [-0.2, -0.15) is 0 Å². The second-order valence-corrected chi connectivity index (χ2v) is 5.82. The predicted octanol–water partition coefficient (Wildman–Crippen LogP) is 3.89. The lowest BCUT2D eigenvalue weighted by Gasteiger charge is -2.22. The fraction of sp³-hybridized carbons (Fsp3) is 0.636. The van der Waals surface area contributed by atoms with Gasteiger partial charge in [0, 0.05) is 27.3 Å². The summed E-state index contributed by atoms with van der Waals surface area (Å²) in [7, 11) is 0. The van der Waals surface area contributed by atoms with E-state index >= 15 is 0 Å². The van der Waals surface area contributed by atoms with E-state index in [4.69, 9.17) is 0 Å². The molecule has 78 valence electrons. The molecule has 1 aromatic rings. The first-order chi connectivity index (χ1) is 6.79. The second-order valence-electron chi connectivity index (χ2n) is 3.91. The summed E-state index contributed by atoms with van der Waals surface area (Å²) in [5, 5.41) is 2.17. The average molecular weight is 274 g/mol. The first-order valence-corrected chi connectivity index (χ1v) is 6.94. The number of hydrogen-bond acceptors (Lipinski definition) is 2. The molecule has 0 aliphatic carbocycles. The third kappa shape index (κ3) is 2.38. The first-order valence-electron chi connectivity index (χ1n) is 5.26. The van der Waals surface area contributed by atoms with Gasteiger partial charge < -0.3 is 0 Å². The number of likely N-dealkylation sites (tertiary alicyclic amines) is 1. The normalized spacial score (nSPS) is 23.1. The number of rotatable bonds is 3. The Morgan fingerprint density at radius 1 is 1.64 bits per heavy atom. The fourth-order valence-electron chi connectivity index (χ4n) is 2.20. The molecule has 2 rings (SSSR count). The molecule has 14 heavy (non-hydrogen) atoms. The fourth-order valence-corrected chi connectivity index (χ4v) is 3.68. The highest BCUT2D eigenvalue weighted by molar-refractivity contribution is 9.10. The Hall–Kier alpha value is 0.140. The Morgan fingerprint density at radius 2 is 2.50 bits per heavy atom. The zero-order valence-corrected chi connectivity index (χ0v) is 10.9. The van der Waals surface area contributed by atoms with Crippen molar-refractivity contribution in [3.05, 3.63) is 20.8 Å². The van der Waals surface area contributed by atoms with Crippen molar-refractivity contribution in [2.24, 2.45) is 0 Å². The summed E-state index contributed by atoms with van der Waals surface area (Å²) >= 11 is 5.37. The Balaban J connectivity index is 1.96. The summed E-state index contributed by atoms with van der Waals surface area (Å²) in [6.07, 6.45) is 4.07. The van der Waals surface area contributed by atoms with Crippen molar-refractivity contribution >= 4 is 27.3 Å². The molecule has 1 aromatic heterocycles. The molecular formula is C11H16BrNS. The van der Waals surface area contributed by atoms with Gasteiger partial charge in [0.2, 0.25) is 0 Å². The molecule has 3 heteroatoms. The highest BCUT2D eigenvalue weighted by Crippen LogP contribution is 2.26. The van der Waals surface area contributed by atoms with E-state index in [9.17, 15) is 0 Å². The van der Waals surface area contributed by atoms with Crippen LogP contribution in [0.3, 0.4) is 0 Å². The maximum atomic E-state index is 3.51. The van der Waals surface area contributed by atoms with Gasteiger partial charge in [0.15, 0.2) is 0 Å². The van der Waals surface area contributed by atoms with Gasteiger partial charge in [-0.05, 0) is 47.8 Å². The van der Waals surface area contributed by atoms with Gasteiger partial charge >= 0.3 is 0 Å². The minimum atomic E-state index is 0.830. The van der Waals surface area contributed by atoms with Crippen molar-refractivity contribution in [1.82, 2.24) is 4.90 Å². The molecule has 0 saturated carbocycles. The molecule has 1 nitrogen and oxygen atoms in total. The van der Waals surface area contributed by atoms with E-state index in [1.165, 1.54) is 35.2 Å². The second kappa shape index (κ2) is 4.77. The smallest absolute Gasteiger partial charge is 0.0331 e. The molecule has 2 heterocycles. The maximum Gasteiger partial charge on any atom is 0.0331 e. The summed E-state index contributed by atoms with van der Waals surface area (Å²) in [6, 6.07) is 3.08. The molecule has 1 atom stereocenters. The largest absolute Gasteiger partial charge is 0.295 e. The lowest BCUT2D eigenvalue weighted by atomic mass is 10.2. The van der Waals surface area contributed by atoms with Gasteiger partial charge in [-0.25, -0.2) is 0 Å².